The average Bonchev–Trinajstić information content (AvgIpc) is 2.84. The molecule has 1 saturated heterocycles. The van der Waals surface area contributed by atoms with Crippen LogP contribution in [0.5, 0.6) is 5.75 Å². The standard InChI is InChI=1S/C28H21BrClIN2O4/c1-3-4-19-11-18(13-23(29)25(19)37-15-17-6-8-20(31)9-7-17)12-22-26(34)32-28(36)33(27(22)35)21-10-5-16(2)24(30)14-21/h3,5-14H,1,4,15H2,2H3,(H,32,34,36)/b22-12-. The largest absolute Gasteiger partial charge is 0.487 e. The van der Waals surface area contributed by atoms with Crippen LogP contribution in [0, 0.1) is 10.5 Å². The molecule has 188 valence electrons. The normalized spacial score (nSPS) is 14.6. The van der Waals surface area contributed by atoms with E-state index in [4.69, 9.17) is 16.3 Å². The highest BCUT2D eigenvalue weighted by Gasteiger charge is 2.37. The third-order valence-corrected chi connectivity index (χ3v) is 7.35. The van der Waals surface area contributed by atoms with Crippen LogP contribution in [0.15, 0.2) is 77.3 Å². The summed E-state index contributed by atoms with van der Waals surface area (Å²) in [7, 11) is 0. The molecule has 0 atom stereocenters. The number of allylic oxidation sites excluding steroid dienone is 1. The molecule has 37 heavy (non-hydrogen) atoms. The molecule has 1 N–H and O–H groups in total. The Hall–Kier alpha value is -2.95. The molecule has 0 saturated carbocycles. The Morgan fingerprint density at radius 3 is 2.51 bits per heavy atom. The lowest BCUT2D eigenvalue weighted by Gasteiger charge is -2.26. The number of nitrogens with zero attached hydrogens (tertiary/aromatic N) is 1. The molecule has 9 heteroatoms. The van der Waals surface area contributed by atoms with Crippen molar-refractivity contribution in [2.75, 3.05) is 4.90 Å². The van der Waals surface area contributed by atoms with Crippen LogP contribution in [0.2, 0.25) is 5.02 Å². The summed E-state index contributed by atoms with van der Waals surface area (Å²) in [6.07, 6.45) is 3.70. The first kappa shape index (κ1) is 27.1. The highest BCUT2D eigenvalue weighted by molar-refractivity contribution is 14.1. The molecule has 0 bridgehead atoms. The predicted molar refractivity (Wildman–Crippen MR) is 157 cm³/mol. The molecule has 1 aliphatic heterocycles. The number of rotatable bonds is 7. The molecule has 4 rings (SSSR count). The van der Waals surface area contributed by atoms with E-state index < -0.39 is 17.8 Å². The van der Waals surface area contributed by atoms with Gasteiger partial charge in [0.1, 0.15) is 17.9 Å². The van der Waals surface area contributed by atoms with Gasteiger partial charge >= 0.3 is 6.03 Å². The van der Waals surface area contributed by atoms with Crippen LogP contribution in [0.25, 0.3) is 6.08 Å². The minimum Gasteiger partial charge on any atom is -0.487 e. The first-order chi connectivity index (χ1) is 17.7. The van der Waals surface area contributed by atoms with Crippen LogP contribution in [0.3, 0.4) is 0 Å². The summed E-state index contributed by atoms with van der Waals surface area (Å²) >= 11 is 12.0. The fraction of sp³-hybridized carbons (Fsp3) is 0.107. The number of hydrogen-bond donors (Lipinski definition) is 1. The van der Waals surface area contributed by atoms with E-state index >= 15 is 0 Å². The molecule has 1 fully saturated rings. The van der Waals surface area contributed by atoms with Crippen molar-refractivity contribution in [1.29, 1.82) is 0 Å². The molecular formula is C28H21BrClIN2O4. The minimum absolute atomic E-state index is 0.180. The van der Waals surface area contributed by atoms with Crippen molar-refractivity contribution in [3.8, 4) is 5.75 Å². The summed E-state index contributed by atoms with van der Waals surface area (Å²) < 4.78 is 7.91. The Balaban J connectivity index is 1.66. The molecule has 0 aliphatic carbocycles. The van der Waals surface area contributed by atoms with Gasteiger partial charge in [0, 0.05) is 8.59 Å². The second-order valence-corrected chi connectivity index (χ2v) is 10.8. The summed E-state index contributed by atoms with van der Waals surface area (Å²) in [4.78, 5) is 39.3. The number of ether oxygens (including phenoxy) is 1. The topological polar surface area (TPSA) is 75.7 Å². The Morgan fingerprint density at radius 2 is 1.84 bits per heavy atom. The molecule has 0 aromatic heterocycles. The van der Waals surface area contributed by atoms with Crippen molar-refractivity contribution in [2.45, 2.75) is 20.0 Å². The molecule has 0 radical (unpaired) electrons. The van der Waals surface area contributed by atoms with Gasteiger partial charge in [0.2, 0.25) is 0 Å². The van der Waals surface area contributed by atoms with Crippen molar-refractivity contribution in [3.63, 3.8) is 0 Å². The molecule has 1 heterocycles. The van der Waals surface area contributed by atoms with Crippen LogP contribution >= 0.6 is 50.1 Å². The van der Waals surface area contributed by atoms with Gasteiger partial charge in [-0.15, -0.1) is 6.58 Å². The lowest BCUT2D eigenvalue weighted by atomic mass is 10.0. The van der Waals surface area contributed by atoms with E-state index in [0.717, 1.165) is 25.2 Å². The lowest BCUT2D eigenvalue weighted by Crippen LogP contribution is -2.54. The summed E-state index contributed by atoms with van der Waals surface area (Å²) in [5.41, 5.74) is 3.31. The van der Waals surface area contributed by atoms with Crippen molar-refractivity contribution in [2.24, 2.45) is 0 Å². The molecule has 0 spiro atoms. The Bertz CT molecular complexity index is 1450. The van der Waals surface area contributed by atoms with Gasteiger partial charge in [0.25, 0.3) is 11.8 Å². The number of amides is 4. The molecule has 6 nitrogen and oxygen atoms in total. The molecule has 4 amide bonds. The average molecular weight is 692 g/mol. The maximum absolute atomic E-state index is 13.3. The van der Waals surface area contributed by atoms with Gasteiger partial charge in [0.05, 0.1) is 10.2 Å². The smallest absolute Gasteiger partial charge is 0.335 e. The number of halogens is 3. The van der Waals surface area contributed by atoms with Crippen LogP contribution in [-0.4, -0.2) is 17.8 Å². The van der Waals surface area contributed by atoms with Gasteiger partial charge in [-0.25, -0.2) is 9.69 Å². The molecule has 3 aromatic rings. The Labute approximate surface area is 241 Å². The Morgan fingerprint density at radius 1 is 1.11 bits per heavy atom. The number of urea groups is 1. The molecule has 3 aromatic carbocycles. The summed E-state index contributed by atoms with van der Waals surface area (Å²) in [5.74, 6) is -0.870. The molecule has 0 unspecified atom stereocenters. The SMILES string of the molecule is C=CCc1cc(/C=C2/C(=O)NC(=O)N(c3ccc(C)c(Cl)c3)C2=O)cc(Br)c1OCc1ccc(I)cc1. The van der Waals surface area contributed by atoms with Crippen molar-refractivity contribution in [1.82, 2.24) is 5.32 Å². The maximum Gasteiger partial charge on any atom is 0.335 e. The van der Waals surface area contributed by atoms with E-state index in [-0.39, 0.29) is 11.3 Å². The van der Waals surface area contributed by atoms with E-state index in [9.17, 15) is 14.4 Å². The van der Waals surface area contributed by atoms with Crippen LogP contribution in [0.1, 0.15) is 22.3 Å². The summed E-state index contributed by atoms with van der Waals surface area (Å²) in [6, 6.07) is 15.6. The van der Waals surface area contributed by atoms with E-state index in [2.05, 4.69) is 50.4 Å². The third-order valence-electron chi connectivity index (χ3n) is 5.63. The van der Waals surface area contributed by atoms with E-state index in [1.54, 1.807) is 24.3 Å². The number of benzene rings is 3. The second-order valence-electron chi connectivity index (χ2n) is 8.29. The fourth-order valence-electron chi connectivity index (χ4n) is 3.74. The second kappa shape index (κ2) is 11.6. The number of barbiturate groups is 1. The molecule has 1 aliphatic rings. The quantitative estimate of drug-likeness (QED) is 0.126. The van der Waals surface area contributed by atoms with Gasteiger partial charge in [-0.2, -0.15) is 0 Å². The van der Waals surface area contributed by atoms with Crippen LogP contribution < -0.4 is 15.0 Å². The summed E-state index contributed by atoms with van der Waals surface area (Å²) in [6.45, 7) is 6.01. The van der Waals surface area contributed by atoms with E-state index in [1.807, 2.05) is 37.3 Å². The molecular weight excluding hydrogens is 671 g/mol. The third kappa shape index (κ3) is 6.14. The van der Waals surface area contributed by atoms with Gasteiger partial charge in [-0.3, -0.25) is 14.9 Å². The van der Waals surface area contributed by atoms with Gasteiger partial charge in [0.15, 0.2) is 0 Å². The van der Waals surface area contributed by atoms with E-state index in [0.29, 0.717) is 33.8 Å². The first-order valence-corrected chi connectivity index (χ1v) is 13.4. The highest BCUT2D eigenvalue weighted by atomic mass is 127. The first-order valence-electron chi connectivity index (χ1n) is 11.2. The number of carbonyl (C=O) groups is 3. The minimum atomic E-state index is -0.833. The van der Waals surface area contributed by atoms with Crippen LogP contribution in [-0.2, 0) is 22.6 Å². The number of hydrogen-bond acceptors (Lipinski definition) is 4. The van der Waals surface area contributed by atoms with Crippen molar-refractivity contribution in [3.05, 3.63) is 108 Å². The predicted octanol–water partition coefficient (Wildman–Crippen LogP) is 6.99. The number of carbonyl (C=O) groups excluding carboxylic acids is 3. The highest BCUT2D eigenvalue weighted by Crippen LogP contribution is 2.34. The number of anilines is 1. The van der Waals surface area contributed by atoms with Crippen molar-refractivity contribution >= 4 is 79.7 Å². The number of aryl methyl sites for hydroxylation is 1. The zero-order chi connectivity index (χ0) is 26.7. The zero-order valence-corrected chi connectivity index (χ0v) is 24.2. The maximum atomic E-state index is 13.3. The van der Waals surface area contributed by atoms with Gasteiger partial charge < -0.3 is 4.74 Å². The summed E-state index contributed by atoms with van der Waals surface area (Å²) in [5, 5.41) is 2.64. The number of nitrogens with one attached hydrogen (secondary N) is 1. The van der Waals surface area contributed by atoms with Gasteiger partial charge in [-0.1, -0.05) is 35.9 Å². The fourth-order valence-corrected chi connectivity index (χ4v) is 4.91. The van der Waals surface area contributed by atoms with E-state index in [1.165, 1.54) is 12.1 Å². The lowest BCUT2D eigenvalue weighted by molar-refractivity contribution is -0.122. The Kier molecular flexibility index (Phi) is 8.51. The monoisotopic (exact) mass is 690 g/mol. The van der Waals surface area contributed by atoms with Gasteiger partial charge in [-0.05, 0) is 117 Å². The van der Waals surface area contributed by atoms with Crippen molar-refractivity contribution < 1.29 is 19.1 Å². The number of imide groups is 2. The zero-order valence-electron chi connectivity index (χ0n) is 19.7. The van der Waals surface area contributed by atoms with Crippen LogP contribution in [0.4, 0.5) is 10.5 Å².